The van der Waals surface area contributed by atoms with E-state index in [4.69, 9.17) is 4.74 Å². The van der Waals surface area contributed by atoms with Crippen LogP contribution in [-0.2, 0) is 4.74 Å². The third-order valence-electron chi connectivity index (χ3n) is 3.17. The Labute approximate surface area is 118 Å². The van der Waals surface area contributed by atoms with Crippen molar-refractivity contribution in [3.05, 3.63) is 18.2 Å². The smallest absolute Gasteiger partial charge is 0.410 e. The maximum atomic E-state index is 11.9. The van der Waals surface area contributed by atoms with Gasteiger partial charge in [-0.25, -0.2) is 14.8 Å². The van der Waals surface area contributed by atoms with Crippen molar-refractivity contribution in [1.82, 2.24) is 14.9 Å². The molecule has 0 aliphatic carbocycles. The molecule has 20 heavy (non-hydrogen) atoms. The molecule has 6 nitrogen and oxygen atoms in total. The number of carbonyl (C=O) groups excluding carboxylic acids is 1. The van der Waals surface area contributed by atoms with Gasteiger partial charge in [0.2, 0.25) is 0 Å². The zero-order chi connectivity index (χ0) is 14.8. The van der Waals surface area contributed by atoms with Crippen LogP contribution in [0.1, 0.15) is 45.4 Å². The third-order valence-corrected chi connectivity index (χ3v) is 3.17. The number of hydrogen-bond donors (Lipinski definition) is 1. The number of ether oxygens (including phenoxy) is 1. The van der Waals surface area contributed by atoms with E-state index in [0.717, 1.165) is 18.7 Å². The quantitative estimate of drug-likeness (QED) is 0.853. The molecule has 6 heteroatoms. The fourth-order valence-electron chi connectivity index (χ4n) is 2.19. The van der Waals surface area contributed by atoms with Gasteiger partial charge in [-0.3, -0.25) is 0 Å². The van der Waals surface area contributed by atoms with Crippen LogP contribution in [0.2, 0.25) is 0 Å². The van der Waals surface area contributed by atoms with Crippen LogP contribution >= 0.6 is 0 Å². The number of nitrogens with zero attached hydrogens (tertiary/aromatic N) is 3. The molecule has 0 atom stereocenters. The predicted octanol–water partition coefficient (Wildman–Crippen LogP) is 2.30. The lowest BCUT2D eigenvalue weighted by atomic mass is 9.96. The largest absolute Gasteiger partial charge is 0.505 e. The van der Waals surface area contributed by atoms with E-state index in [2.05, 4.69) is 9.97 Å². The highest BCUT2D eigenvalue weighted by molar-refractivity contribution is 5.68. The van der Waals surface area contributed by atoms with Crippen LogP contribution in [0.3, 0.4) is 0 Å². The summed E-state index contributed by atoms with van der Waals surface area (Å²) in [4.78, 5) is 21.9. The maximum Gasteiger partial charge on any atom is 0.410 e. The van der Waals surface area contributed by atoms with Gasteiger partial charge in [-0.15, -0.1) is 0 Å². The van der Waals surface area contributed by atoms with E-state index in [0.29, 0.717) is 13.1 Å². The van der Waals surface area contributed by atoms with Crippen molar-refractivity contribution < 1.29 is 14.6 Å². The summed E-state index contributed by atoms with van der Waals surface area (Å²) in [6, 6.07) is 0. The van der Waals surface area contributed by atoms with Crippen molar-refractivity contribution in [2.45, 2.75) is 45.1 Å². The summed E-state index contributed by atoms with van der Waals surface area (Å²) in [7, 11) is 0. The lowest BCUT2D eigenvalue weighted by Crippen LogP contribution is -2.41. The molecule has 1 aliphatic rings. The number of aromatic hydroxyl groups is 1. The second-order valence-corrected chi connectivity index (χ2v) is 6.04. The van der Waals surface area contributed by atoms with Gasteiger partial charge in [0.05, 0.1) is 12.4 Å². The molecule has 0 aromatic carbocycles. The van der Waals surface area contributed by atoms with Gasteiger partial charge in [-0.05, 0) is 33.6 Å². The molecule has 0 spiro atoms. The first-order valence-electron chi connectivity index (χ1n) is 6.84. The number of piperidine rings is 1. The van der Waals surface area contributed by atoms with Gasteiger partial charge in [0.15, 0.2) is 5.75 Å². The molecule has 1 aliphatic heterocycles. The Balaban J connectivity index is 1.89. The summed E-state index contributed by atoms with van der Waals surface area (Å²) < 4.78 is 5.36. The highest BCUT2D eigenvalue weighted by Gasteiger charge is 2.28. The second kappa shape index (κ2) is 5.64. The van der Waals surface area contributed by atoms with Crippen molar-refractivity contribution in [2.75, 3.05) is 13.1 Å². The molecule has 1 aromatic rings. The number of amides is 1. The van der Waals surface area contributed by atoms with E-state index >= 15 is 0 Å². The fourth-order valence-corrected chi connectivity index (χ4v) is 2.19. The van der Waals surface area contributed by atoms with Crippen molar-refractivity contribution in [2.24, 2.45) is 0 Å². The van der Waals surface area contributed by atoms with E-state index < -0.39 is 5.60 Å². The molecule has 0 unspecified atom stereocenters. The van der Waals surface area contributed by atoms with Crippen molar-refractivity contribution in [1.29, 1.82) is 0 Å². The molecular formula is C14H21N3O3. The highest BCUT2D eigenvalue weighted by atomic mass is 16.6. The first-order valence-corrected chi connectivity index (χ1v) is 6.84. The summed E-state index contributed by atoms with van der Waals surface area (Å²) >= 11 is 0. The molecule has 1 saturated heterocycles. The Bertz CT molecular complexity index is 460. The Kier molecular flexibility index (Phi) is 4.11. The van der Waals surface area contributed by atoms with Crippen LogP contribution < -0.4 is 0 Å². The Morgan fingerprint density at radius 2 is 1.85 bits per heavy atom. The minimum Gasteiger partial charge on any atom is -0.505 e. The molecule has 0 saturated carbocycles. The number of carbonyl (C=O) groups is 1. The predicted molar refractivity (Wildman–Crippen MR) is 73.5 cm³/mol. The molecule has 0 bridgehead atoms. The number of rotatable bonds is 1. The molecule has 1 aromatic heterocycles. The summed E-state index contributed by atoms with van der Waals surface area (Å²) in [6.45, 7) is 6.87. The van der Waals surface area contributed by atoms with Crippen LogP contribution in [0.15, 0.2) is 12.4 Å². The average molecular weight is 279 g/mol. The van der Waals surface area contributed by atoms with Crippen LogP contribution in [0.25, 0.3) is 0 Å². The average Bonchev–Trinajstić information content (AvgIpc) is 2.38. The van der Waals surface area contributed by atoms with Crippen LogP contribution in [0.5, 0.6) is 5.75 Å². The number of hydrogen-bond acceptors (Lipinski definition) is 5. The van der Waals surface area contributed by atoms with E-state index in [-0.39, 0.29) is 17.8 Å². The minimum atomic E-state index is -0.464. The zero-order valence-corrected chi connectivity index (χ0v) is 12.2. The van der Waals surface area contributed by atoms with Gasteiger partial charge in [-0.2, -0.15) is 0 Å². The fraction of sp³-hybridized carbons (Fsp3) is 0.643. The molecule has 1 amide bonds. The lowest BCUT2D eigenvalue weighted by molar-refractivity contribution is 0.0203. The summed E-state index contributed by atoms with van der Waals surface area (Å²) in [5.41, 5.74) is -0.464. The Morgan fingerprint density at radius 3 is 2.35 bits per heavy atom. The molecule has 2 rings (SSSR count). The van der Waals surface area contributed by atoms with E-state index in [9.17, 15) is 9.90 Å². The van der Waals surface area contributed by atoms with Crippen molar-refractivity contribution >= 4 is 6.09 Å². The summed E-state index contributed by atoms with van der Waals surface area (Å²) in [5.74, 6) is 1.03. The molecule has 1 N–H and O–H groups in total. The van der Waals surface area contributed by atoms with Crippen molar-refractivity contribution in [3.8, 4) is 5.75 Å². The first kappa shape index (κ1) is 14.6. The number of aromatic nitrogens is 2. The van der Waals surface area contributed by atoms with Crippen LogP contribution in [0, 0.1) is 0 Å². The van der Waals surface area contributed by atoms with Gasteiger partial charge < -0.3 is 14.7 Å². The second-order valence-electron chi connectivity index (χ2n) is 6.04. The Morgan fingerprint density at radius 1 is 1.30 bits per heavy atom. The minimum absolute atomic E-state index is 0.0694. The third kappa shape index (κ3) is 3.82. The van der Waals surface area contributed by atoms with E-state index in [1.807, 2.05) is 20.8 Å². The van der Waals surface area contributed by atoms with Crippen LogP contribution in [0.4, 0.5) is 4.79 Å². The van der Waals surface area contributed by atoms with E-state index in [1.54, 1.807) is 4.90 Å². The van der Waals surface area contributed by atoms with Gasteiger partial charge in [0, 0.05) is 19.0 Å². The monoisotopic (exact) mass is 279 g/mol. The summed E-state index contributed by atoms with van der Waals surface area (Å²) in [5, 5.41) is 9.18. The van der Waals surface area contributed by atoms with E-state index in [1.165, 1.54) is 12.4 Å². The molecule has 1 fully saturated rings. The number of likely N-dealkylation sites (tertiary alicyclic amines) is 1. The summed E-state index contributed by atoms with van der Waals surface area (Å²) in [6.07, 6.45) is 4.17. The molecule has 2 heterocycles. The van der Waals surface area contributed by atoms with Gasteiger partial charge in [0.25, 0.3) is 0 Å². The van der Waals surface area contributed by atoms with Crippen LogP contribution in [-0.4, -0.2) is 44.8 Å². The highest BCUT2D eigenvalue weighted by Crippen LogP contribution is 2.26. The normalized spacial score (nSPS) is 17.1. The Hall–Kier alpha value is -1.85. The molecule has 0 radical (unpaired) electrons. The van der Waals surface area contributed by atoms with Gasteiger partial charge >= 0.3 is 6.09 Å². The maximum absolute atomic E-state index is 11.9. The standard InChI is InChI=1S/C14H21N3O3/c1-14(2,3)20-13(19)17-6-4-10(5-7-17)12-15-8-11(18)9-16-12/h8-10,18H,4-7H2,1-3H3. The zero-order valence-electron chi connectivity index (χ0n) is 12.2. The lowest BCUT2D eigenvalue weighted by Gasteiger charge is -2.32. The van der Waals surface area contributed by atoms with Gasteiger partial charge in [0.1, 0.15) is 11.4 Å². The SMILES string of the molecule is CC(C)(C)OC(=O)N1CCC(c2ncc(O)cn2)CC1. The molecular weight excluding hydrogens is 258 g/mol. The first-order chi connectivity index (χ1) is 9.35. The van der Waals surface area contributed by atoms with Gasteiger partial charge in [-0.1, -0.05) is 0 Å². The molecule has 110 valence electrons. The van der Waals surface area contributed by atoms with Crippen molar-refractivity contribution in [3.63, 3.8) is 0 Å². The topological polar surface area (TPSA) is 75.5 Å².